The molecular formula is C12H17ClN4OS. The summed E-state index contributed by atoms with van der Waals surface area (Å²) < 4.78 is 1.59. The average Bonchev–Trinajstić information content (AvgIpc) is 2.81. The first-order valence-electron chi connectivity index (χ1n) is 6.14. The Balaban J connectivity index is 0.00000133. The highest BCUT2D eigenvalue weighted by Crippen LogP contribution is 2.10. The monoisotopic (exact) mass is 300 g/mol. The summed E-state index contributed by atoms with van der Waals surface area (Å²) in [7, 11) is 0. The van der Waals surface area contributed by atoms with Crippen LogP contribution in [0.3, 0.4) is 0 Å². The van der Waals surface area contributed by atoms with E-state index >= 15 is 0 Å². The van der Waals surface area contributed by atoms with Crippen LogP contribution in [0.5, 0.6) is 0 Å². The van der Waals surface area contributed by atoms with Crippen LogP contribution in [-0.2, 0) is 6.54 Å². The fourth-order valence-corrected chi connectivity index (χ4v) is 3.03. The van der Waals surface area contributed by atoms with E-state index in [1.54, 1.807) is 16.7 Å². The van der Waals surface area contributed by atoms with E-state index in [0.29, 0.717) is 6.04 Å². The van der Waals surface area contributed by atoms with Crippen molar-refractivity contribution in [1.29, 1.82) is 0 Å². The van der Waals surface area contributed by atoms with Crippen LogP contribution in [0.4, 0.5) is 0 Å². The number of fused-ring (bicyclic) bond motifs is 1. The number of hydrogen-bond donors (Lipinski definition) is 1. The van der Waals surface area contributed by atoms with Crippen molar-refractivity contribution in [3.8, 4) is 0 Å². The molecule has 1 atom stereocenters. The Morgan fingerprint density at radius 2 is 2.42 bits per heavy atom. The lowest BCUT2D eigenvalue weighted by Gasteiger charge is -2.33. The Kier molecular flexibility index (Phi) is 4.57. The second kappa shape index (κ2) is 6.00. The van der Waals surface area contributed by atoms with Gasteiger partial charge in [-0.25, -0.2) is 4.98 Å². The van der Waals surface area contributed by atoms with Gasteiger partial charge in [-0.15, -0.1) is 23.7 Å². The molecule has 7 heteroatoms. The molecule has 1 aliphatic rings. The highest BCUT2D eigenvalue weighted by Gasteiger charge is 2.18. The molecule has 0 unspecified atom stereocenters. The van der Waals surface area contributed by atoms with Gasteiger partial charge in [0.2, 0.25) is 0 Å². The number of aromatic nitrogens is 2. The first-order chi connectivity index (χ1) is 8.74. The van der Waals surface area contributed by atoms with Crippen LogP contribution in [0.1, 0.15) is 12.6 Å². The van der Waals surface area contributed by atoms with Gasteiger partial charge in [0, 0.05) is 49.9 Å². The molecule has 3 heterocycles. The summed E-state index contributed by atoms with van der Waals surface area (Å²) in [6, 6.07) is 2.14. The Labute approximate surface area is 121 Å². The molecule has 0 aromatic carbocycles. The third-order valence-electron chi connectivity index (χ3n) is 3.36. The van der Waals surface area contributed by atoms with Gasteiger partial charge >= 0.3 is 0 Å². The Morgan fingerprint density at radius 3 is 3.21 bits per heavy atom. The summed E-state index contributed by atoms with van der Waals surface area (Å²) in [5.74, 6) is 0. The third kappa shape index (κ3) is 2.97. The predicted molar refractivity (Wildman–Crippen MR) is 79.3 cm³/mol. The van der Waals surface area contributed by atoms with Gasteiger partial charge in [0.15, 0.2) is 4.96 Å². The van der Waals surface area contributed by atoms with Crippen LogP contribution < -0.4 is 10.9 Å². The molecule has 104 valence electrons. The molecule has 5 nitrogen and oxygen atoms in total. The van der Waals surface area contributed by atoms with Gasteiger partial charge in [0.05, 0.1) is 5.69 Å². The van der Waals surface area contributed by atoms with Gasteiger partial charge in [-0.1, -0.05) is 0 Å². The van der Waals surface area contributed by atoms with Gasteiger partial charge in [-0.3, -0.25) is 14.1 Å². The molecule has 0 amide bonds. The maximum atomic E-state index is 11.9. The lowest BCUT2D eigenvalue weighted by atomic mass is 10.2. The van der Waals surface area contributed by atoms with E-state index in [9.17, 15) is 4.79 Å². The summed E-state index contributed by atoms with van der Waals surface area (Å²) >= 11 is 1.50. The molecule has 3 rings (SSSR count). The molecule has 0 spiro atoms. The average molecular weight is 301 g/mol. The number of nitrogens with one attached hydrogen (secondary N) is 1. The molecular weight excluding hydrogens is 284 g/mol. The fraction of sp³-hybridized carbons (Fsp3) is 0.500. The predicted octanol–water partition coefficient (Wildman–Crippen LogP) is 0.971. The summed E-state index contributed by atoms with van der Waals surface area (Å²) in [5, 5.41) is 5.25. The molecule has 19 heavy (non-hydrogen) atoms. The Bertz CT molecular complexity index is 611. The number of halogens is 1. The molecule has 0 saturated carbocycles. The van der Waals surface area contributed by atoms with E-state index in [1.165, 1.54) is 11.3 Å². The van der Waals surface area contributed by atoms with Crippen molar-refractivity contribution in [3.05, 3.63) is 33.7 Å². The van der Waals surface area contributed by atoms with Crippen molar-refractivity contribution < 1.29 is 0 Å². The largest absolute Gasteiger partial charge is 0.314 e. The van der Waals surface area contributed by atoms with E-state index in [1.807, 2.05) is 5.38 Å². The van der Waals surface area contributed by atoms with Crippen LogP contribution in [-0.4, -0.2) is 40.0 Å². The normalized spacial score (nSPS) is 20.4. The summed E-state index contributed by atoms with van der Waals surface area (Å²) in [6.07, 6.45) is 1.77. The zero-order valence-corrected chi connectivity index (χ0v) is 12.3. The molecule has 2 aromatic heterocycles. The van der Waals surface area contributed by atoms with Crippen LogP contribution in [0.15, 0.2) is 22.4 Å². The summed E-state index contributed by atoms with van der Waals surface area (Å²) in [5.41, 5.74) is 0.884. The molecule has 1 aliphatic heterocycles. The van der Waals surface area contributed by atoms with Crippen molar-refractivity contribution >= 4 is 28.7 Å². The number of hydrogen-bond acceptors (Lipinski definition) is 5. The highest BCUT2D eigenvalue weighted by atomic mass is 35.5. The Hall–Kier alpha value is -0.950. The minimum Gasteiger partial charge on any atom is -0.314 e. The van der Waals surface area contributed by atoms with Gasteiger partial charge < -0.3 is 5.32 Å². The number of thiazole rings is 1. The number of nitrogens with zero attached hydrogens (tertiary/aromatic N) is 3. The molecule has 0 aliphatic carbocycles. The molecule has 1 fully saturated rings. The van der Waals surface area contributed by atoms with Crippen molar-refractivity contribution in [2.24, 2.45) is 0 Å². The molecule has 0 bridgehead atoms. The molecule has 1 saturated heterocycles. The topological polar surface area (TPSA) is 49.6 Å². The van der Waals surface area contributed by atoms with Crippen molar-refractivity contribution in [2.75, 3.05) is 19.6 Å². The van der Waals surface area contributed by atoms with Crippen LogP contribution >= 0.6 is 23.7 Å². The molecule has 0 radical (unpaired) electrons. The van der Waals surface area contributed by atoms with E-state index in [0.717, 1.165) is 36.8 Å². The number of rotatable bonds is 2. The zero-order valence-electron chi connectivity index (χ0n) is 10.7. The quantitative estimate of drug-likeness (QED) is 0.898. The minimum atomic E-state index is 0. The second-order valence-corrected chi connectivity index (χ2v) is 5.54. The molecule has 1 N–H and O–H groups in total. The lowest BCUT2D eigenvalue weighted by Crippen LogP contribution is -2.49. The van der Waals surface area contributed by atoms with Crippen molar-refractivity contribution in [1.82, 2.24) is 19.6 Å². The van der Waals surface area contributed by atoms with E-state index in [-0.39, 0.29) is 18.0 Å². The van der Waals surface area contributed by atoms with Gasteiger partial charge in [0.1, 0.15) is 0 Å². The van der Waals surface area contributed by atoms with Crippen molar-refractivity contribution in [2.45, 2.75) is 19.5 Å². The van der Waals surface area contributed by atoms with Crippen LogP contribution in [0, 0.1) is 0 Å². The van der Waals surface area contributed by atoms with Gasteiger partial charge in [-0.05, 0) is 6.92 Å². The lowest BCUT2D eigenvalue weighted by molar-refractivity contribution is 0.164. The highest BCUT2D eigenvalue weighted by molar-refractivity contribution is 7.15. The fourth-order valence-electron chi connectivity index (χ4n) is 2.29. The van der Waals surface area contributed by atoms with E-state index < -0.39 is 0 Å². The standard InChI is InChI=1S/C12H16N4OS.ClH/c1-9-7-13-2-3-15(9)8-10-6-11(17)16-4-5-18-12(16)14-10;/h4-6,9,13H,2-3,7-8H2,1H3;1H/t9-;/m1./s1. The van der Waals surface area contributed by atoms with E-state index in [4.69, 9.17) is 0 Å². The SMILES string of the molecule is C[C@@H]1CNCCN1Cc1cc(=O)n2ccsc2n1.Cl. The minimum absolute atomic E-state index is 0. The van der Waals surface area contributed by atoms with Gasteiger partial charge in [0.25, 0.3) is 5.56 Å². The first-order valence-corrected chi connectivity index (χ1v) is 7.02. The zero-order chi connectivity index (χ0) is 12.5. The maximum Gasteiger partial charge on any atom is 0.258 e. The van der Waals surface area contributed by atoms with Crippen LogP contribution in [0.25, 0.3) is 4.96 Å². The van der Waals surface area contributed by atoms with Crippen molar-refractivity contribution in [3.63, 3.8) is 0 Å². The van der Waals surface area contributed by atoms with Crippen LogP contribution in [0.2, 0.25) is 0 Å². The number of piperazine rings is 1. The van der Waals surface area contributed by atoms with Gasteiger partial charge in [-0.2, -0.15) is 0 Å². The third-order valence-corrected chi connectivity index (χ3v) is 4.12. The maximum absolute atomic E-state index is 11.9. The summed E-state index contributed by atoms with van der Waals surface area (Å²) in [4.78, 5) is 19.6. The van der Waals surface area contributed by atoms with E-state index in [2.05, 4.69) is 22.1 Å². The molecule has 2 aromatic rings. The summed E-state index contributed by atoms with van der Waals surface area (Å²) in [6.45, 7) is 5.96. The smallest absolute Gasteiger partial charge is 0.258 e. The Morgan fingerprint density at radius 1 is 1.58 bits per heavy atom. The second-order valence-electron chi connectivity index (χ2n) is 4.66. The first kappa shape index (κ1) is 14.5.